The summed E-state index contributed by atoms with van der Waals surface area (Å²) < 4.78 is 0. The number of rotatable bonds is 1. The minimum absolute atomic E-state index is 0. The van der Waals surface area contributed by atoms with Gasteiger partial charge in [0, 0.05) is 21.7 Å². The molecule has 0 heterocycles. The maximum Gasteiger partial charge on any atom is 0.329 e. The summed E-state index contributed by atoms with van der Waals surface area (Å²) in [4.78, 5) is 9.12. The Hall–Kier alpha value is 0.104. The normalized spacial score (nSPS) is 5.29. The van der Waals surface area contributed by atoms with Gasteiger partial charge in [-0.1, -0.05) is 0 Å². The van der Waals surface area contributed by atoms with E-state index in [9.17, 15) is 0 Å². The molecular weight excluding hydrogens is 136 g/mol. The topological polar surface area (TPSA) is 89.0 Å². The quantitative estimate of drug-likeness (QED) is 0.424. The van der Waals surface area contributed by atoms with E-state index >= 15 is 0 Å². The molecule has 0 aliphatic rings. The smallest absolute Gasteiger partial charge is 0.329 e. The second kappa shape index (κ2) is 9.44. The van der Waals surface area contributed by atoms with E-state index < -0.39 is 12.6 Å². The Kier molecular flexibility index (Phi) is 21.2. The minimum Gasteiger partial charge on any atom is -0.480 e. The minimum atomic E-state index is -1.19. The van der Waals surface area contributed by atoms with Crippen molar-refractivity contribution >= 4 is 5.97 Å². The third kappa shape index (κ3) is 23.2. The van der Waals surface area contributed by atoms with E-state index in [1.54, 1.807) is 0 Å². The standard InChI is InChI=1S/C2H4O3.H2O.Ti/c3-1-2(4)5;;/h3H,1H2,(H,4,5);1H2;. The average molecular weight is 142 g/mol. The number of aliphatic carboxylic acids is 1. The van der Waals surface area contributed by atoms with Crippen molar-refractivity contribution in [1.82, 2.24) is 0 Å². The SMILES string of the molecule is O.O=C(O)CO.[Ti]. The van der Waals surface area contributed by atoms with E-state index in [1.165, 1.54) is 0 Å². The third-order valence-electron chi connectivity index (χ3n) is 0.135. The molecule has 4 N–H and O–H groups in total. The number of aliphatic hydroxyl groups excluding tert-OH is 1. The number of carbonyl (C=O) groups is 1. The van der Waals surface area contributed by atoms with E-state index in [0.29, 0.717) is 0 Å². The maximum atomic E-state index is 9.12. The predicted octanol–water partition coefficient (Wildman–Crippen LogP) is -1.76. The molecule has 0 amide bonds. The molecule has 0 radical (unpaired) electrons. The fourth-order valence-corrected chi connectivity index (χ4v) is 0. The van der Waals surface area contributed by atoms with Gasteiger partial charge in [-0.05, 0) is 0 Å². The molecule has 0 saturated carbocycles. The molecule has 0 fully saturated rings. The Morgan fingerprint density at radius 2 is 1.71 bits per heavy atom. The molecule has 7 heavy (non-hydrogen) atoms. The summed E-state index contributed by atoms with van der Waals surface area (Å²) in [7, 11) is 0. The molecule has 0 aliphatic carbocycles. The number of carboxylic acids is 1. The van der Waals surface area contributed by atoms with Crippen LogP contribution in [0.2, 0.25) is 0 Å². The molecule has 0 aliphatic heterocycles. The summed E-state index contributed by atoms with van der Waals surface area (Å²) in [5, 5.41) is 15.0. The van der Waals surface area contributed by atoms with Gasteiger partial charge >= 0.3 is 5.97 Å². The van der Waals surface area contributed by atoms with Gasteiger partial charge in [-0.15, -0.1) is 0 Å². The Morgan fingerprint density at radius 1 is 1.57 bits per heavy atom. The first kappa shape index (κ1) is 15.7. The largest absolute Gasteiger partial charge is 0.480 e. The fraction of sp³-hybridized carbons (Fsp3) is 0.500. The van der Waals surface area contributed by atoms with Gasteiger partial charge in [0.05, 0.1) is 0 Å². The van der Waals surface area contributed by atoms with Gasteiger partial charge in [0.15, 0.2) is 0 Å². The zero-order chi connectivity index (χ0) is 4.28. The summed E-state index contributed by atoms with van der Waals surface area (Å²) in [6.45, 7) is -0.778. The first-order chi connectivity index (χ1) is 2.27. The predicted molar refractivity (Wildman–Crippen MR) is 18.3 cm³/mol. The second-order valence-electron chi connectivity index (χ2n) is 0.552. The molecule has 0 saturated heterocycles. The van der Waals surface area contributed by atoms with E-state index in [1.807, 2.05) is 0 Å². The molecule has 0 aromatic rings. The van der Waals surface area contributed by atoms with Crippen molar-refractivity contribution < 1.29 is 42.2 Å². The molecule has 0 aromatic carbocycles. The maximum absolute atomic E-state index is 9.12. The van der Waals surface area contributed by atoms with Crippen LogP contribution in [0.25, 0.3) is 0 Å². The number of hydrogen-bond acceptors (Lipinski definition) is 2. The van der Waals surface area contributed by atoms with Crippen molar-refractivity contribution in [1.29, 1.82) is 0 Å². The number of aliphatic hydroxyl groups is 1. The van der Waals surface area contributed by atoms with Gasteiger partial charge < -0.3 is 15.7 Å². The monoisotopic (exact) mass is 142 g/mol. The molecule has 0 unspecified atom stereocenters. The molecule has 0 bridgehead atoms. The third-order valence-corrected chi connectivity index (χ3v) is 0.135. The van der Waals surface area contributed by atoms with Crippen LogP contribution in [-0.4, -0.2) is 28.3 Å². The van der Waals surface area contributed by atoms with Gasteiger partial charge in [-0.2, -0.15) is 0 Å². The van der Waals surface area contributed by atoms with E-state index in [-0.39, 0.29) is 27.2 Å². The molecule has 4 nitrogen and oxygen atoms in total. The first-order valence-electron chi connectivity index (χ1n) is 1.10. The van der Waals surface area contributed by atoms with Crippen molar-refractivity contribution in [2.24, 2.45) is 0 Å². The van der Waals surface area contributed by atoms with Crippen LogP contribution in [0.1, 0.15) is 0 Å². The van der Waals surface area contributed by atoms with Crippen LogP contribution >= 0.6 is 0 Å². The van der Waals surface area contributed by atoms with Crippen LogP contribution in [0.3, 0.4) is 0 Å². The molecule has 0 aromatic heterocycles. The Labute approximate surface area is 55.3 Å². The van der Waals surface area contributed by atoms with Gasteiger partial charge in [0.1, 0.15) is 6.61 Å². The van der Waals surface area contributed by atoms with Gasteiger partial charge in [0.2, 0.25) is 0 Å². The zero-order valence-corrected chi connectivity index (χ0v) is 5.07. The molecular formula is C2H6O4Ti. The second-order valence-corrected chi connectivity index (χ2v) is 0.552. The van der Waals surface area contributed by atoms with Crippen LogP contribution in [-0.2, 0) is 26.5 Å². The Bertz CT molecular complexity index is 45.0. The van der Waals surface area contributed by atoms with Crippen LogP contribution in [0, 0.1) is 0 Å². The fourth-order valence-electron chi connectivity index (χ4n) is 0. The summed E-state index contributed by atoms with van der Waals surface area (Å²) in [6.07, 6.45) is 0. The van der Waals surface area contributed by atoms with E-state index in [2.05, 4.69) is 0 Å². The Morgan fingerprint density at radius 3 is 1.71 bits per heavy atom. The molecule has 42 valence electrons. The number of carboxylic acid groups (broad SMARTS) is 1. The van der Waals surface area contributed by atoms with Gasteiger partial charge in [-0.25, -0.2) is 4.79 Å². The van der Waals surface area contributed by atoms with E-state index in [0.717, 1.165) is 0 Å². The Balaban J connectivity index is -0.0000000800. The molecule has 0 atom stereocenters. The van der Waals surface area contributed by atoms with Crippen molar-refractivity contribution in [3.8, 4) is 0 Å². The van der Waals surface area contributed by atoms with Crippen LogP contribution in [0.4, 0.5) is 0 Å². The zero-order valence-electron chi connectivity index (χ0n) is 3.51. The average Bonchev–Trinajstić information content (AvgIpc) is 1.38. The van der Waals surface area contributed by atoms with Crippen LogP contribution in [0.15, 0.2) is 0 Å². The van der Waals surface area contributed by atoms with Crippen molar-refractivity contribution in [2.75, 3.05) is 6.61 Å². The van der Waals surface area contributed by atoms with Gasteiger partial charge in [-0.3, -0.25) is 0 Å². The van der Waals surface area contributed by atoms with Crippen LogP contribution < -0.4 is 0 Å². The van der Waals surface area contributed by atoms with E-state index in [4.69, 9.17) is 15.0 Å². The number of hydrogen-bond donors (Lipinski definition) is 2. The van der Waals surface area contributed by atoms with Crippen LogP contribution in [0.5, 0.6) is 0 Å². The molecule has 5 heteroatoms. The summed E-state index contributed by atoms with van der Waals surface area (Å²) in [6, 6.07) is 0. The van der Waals surface area contributed by atoms with Crippen molar-refractivity contribution in [2.45, 2.75) is 0 Å². The van der Waals surface area contributed by atoms with Gasteiger partial charge in [0.25, 0.3) is 0 Å². The first-order valence-corrected chi connectivity index (χ1v) is 1.10. The molecule has 0 rings (SSSR count). The summed E-state index contributed by atoms with van der Waals surface area (Å²) in [5.74, 6) is -1.19. The summed E-state index contributed by atoms with van der Waals surface area (Å²) in [5.41, 5.74) is 0. The van der Waals surface area contributed by atoms with Crippen molar-refractivity contribution in [3.63, 3.8) is 0 Å². The summed E-state index contributed by atoms with van der Waals surface area (Å²) >= 11 is 0. The van der Waals surface area contributed by atoms with Crippen molar-refractivity contribution in [3.05, 3.63) is 0 Å². The molecule has 0 spiro atoms.